The minimum Gasteiger partial charge on any atom is -0.496 e. The Hall–Kier alpha value is -1.62. The molecule has 22 heavy (non-hydrogen) atoms. The van der Waals surface area contributed by atoms with Gasteiger partial charge in [-0.15, -0.1) is 0 Å². The molecule has 2 atom stereocenters. The highest BCUT2D eigenvalue weighted by Crippen LogP contribution is 2.41. The van der Waals surface area contributed by atoms with Gasteiger partial charge in [-0.3, -0.25) is 4.79 Å². The summed E-state index contributed by atoms with van der Waals surface area (Å²) in [7, 11) is 1.68. The van der Waals surface area contributed by atoms with Crippen LogP contribution in [0.5, 0.6) is 5.75 Å². The summed E-state index contributed by atoms with van der Waals surface area (Å²) >= 11 is 0. The molecule has 0 aromatic heterocycles. The van der Waals surface area contributed by atoms with E-state index >= 15 is 0 Å². The summed E-state index contributed by atoms with van der Waals surface area (Å²) in [6, 6.07) is 8.18. The molecule has 1 amide bonds. The predicted molar refractivity (Wildman–Crippen MR) is 82.8 cm³/mol. The monoisotopic (exact) mass is 306 g/mol. The number of benzene rings is 1. The molecule has 1 aliphatic carbocycles. The quantitative estimate of drug-likeness (QED) is 0.896. The summed E-state index contributed by atoms with van der Waals surface area (Å²) < 4.78 is 18.7. The summed E-state index contributed by atoms with van der Waals surface area (Å²) in [5.41, 5.74) is 0.430. The first-order valence-corrected chi connectivity index (χ1v) is 7.85. The molecule has 1 heterocycles. The van der Waals surface area contributed by atoms with Crippen molar-refractivity contribution in [3.8, 4) is 5.75 Å². The number of carbonyl (C=O) groups excluding carboxylic acids is 1. The van der Waals surface area contributed by atoms with Crippen molar-refractivity contribution in [2.45, 2.75) is 49.9 Å². The number of hydrogen-bond acceptors (Lipinski definition) is 3. The molecule has 0 radical (unpaired) electrons. The van der Waals surface area contributed by atoms with Crippen LogP contribution < -0.4 is 15.4 Å². The number of methoxy groups -OCH3 is 1. The molecule has 1 aromatic carbocycles. The maximum Gasteiger partial charge on any atom is 0.240 e. The van der Waals surface area contributed by atoms with Crippen molar-refractivity contribution >= 4 is 5.91 Å². The lowest BCUT2D eigenvalue weighted by Crippen LogP contribution is -2.56. The molecule has 120 valence electrons. The van der Waals surface area contributed by atoms with Crippen LogP contribution in [0, 0.1) is 0 Å². The fourth-order valence-electron chi connectivity index (χ4n) is 3.43. The number of para-hydroxylation sites is 1. The third-order valence-electron chi connectivity index (χ3n) is 4.90. The third kappa shape index (κ3) is 2.82. The van der Waals surface area contributed by atoms with E-state index in [0.717, 1.165) is 18.6 Å². The van der Waals surface area contributed by atoms with Gasteiger partial charge >= 0.3 is 0 Å². The first kappa shape index (κ1) is 15.3. The highest BCUT2D eigenvalue weighted by Gasteiger charge is 2.43. The van der Waals surface area contributed by atoms with Gasteiger partial charge in [0.15, 0.2) is 0 Å². The largest absolute Gasteiger partial charge is 0.496 e. The van der Waals surface area contributed by atoms with Crippen molar-refractivity contribution < 1.29 is 13.9 Å². The van der Waals surface area contributed by atoms with Gasteiger partial charge in [0.25, 0.3) is 0 Å². The number of ether oxygens (including phenoxy) is 1. The SMILES string of the molecule is COc1ccccc1C1CC(NC(=O)[C@]2(C)C[C@H](F)CN2)C1. The first-order chi connectivity index (χ1) is 10.5. The van der Waals surface area contributed by atoms with E-state index in [1.54, 1.807) is 14.0 Å². The van der Waals surface area contributed by atoms with E-state index in [-0.39, 0.29) is 24.9 Å². The van der Waals surface area contributed by atoms with Crippen LogP contribution in [0.15, 0.2) is 24.3 Å². The average molecular weight is 306 g/mol. The second kappa shape index (κ2) is 5.88. The topological polar surface area (TPSA) is 50.4 Å². The third-order valence-corrected chi connectivity index (χ3v) is 4.90. The van der Waals surface area contributed by atoms with E-state index in [1.165, 1.54) is 5.56 Å². The molecule has 0 spiro atoms. The average Bonchev–Trinajstić information content (AvgIpc) is 2.83. The molecular formula is C17H23FN2O2. The maximum absolute atomic E-state index is 13.3. The molecule has 0 unspecified atom stereocenters. The van der Waals surface area contributed by atoms with Crippen LogP contribution >= 0.6 is 0 Å². The molecule has 1 aromatic rings. The van der Waals surface area contributed by atoms with Crippen molar-refractivity contribution in [3.05, 3.63) is 29.8 Å². The predicted octanol–water partition coefficient (Wildman–Crippen LogP) is 2.15. The van der Waals surface area contributed by atoms with Crippen LogP contribution in [0.3, 0.4) is 0 Å². The van der Waals surface area contributed by atoms with Gasteiger partial charge in [-0.05, 0) is 37.3 Å². The van der Waals surface area contributed by atoms with E-state index < -0.39 is 11.7 Å². The number of carbonyl (C=O) groups is 1. The first-order valence-electron chi connectivity index (χ1n) is 7.85. The number of alkyl halides is 1. The minimum atomic E-state index is -0.932. The van der Waals surface area contributed by atoms with Crippen molar-refractivity contribution in [1.29, 1.82) is 0 Å². The summed E-state index contributed by atoms with van der Waals surface area (Å²) in [5, 5.41) is 6.04. The fraction of sp³-hybridized carbons (Fsp3) is 0.588. The van der Waals surface area contributed by atoms with Gasteiger partial charge < -0.3 is 15.4 Å². The van der Waals surface area contributed by atoms with Gasteiger partial charge in [0.1, 0.15) is 11.9 Å². The van der Waals surface area contributed by atoms with E-state index in [1.807, 2.05) is 18.2 Å². The molecular weight excluding hydrogens is 283 g/mol. The standard InChI is InChI=1S/C17H23FN2O2/c1-17(9-12(18)10-19-17)16(21)20-13-7-11(8-13)14-5-3-4-6-15(14)22-2/h3-6,11-13,19H,7-10H2,1-2H3,(H,20,21)/t11?,12-,13?,17-/m0/s1. The van der Waals surface area contributed by atoms with Crippen LogP contribution in [0.25, 0.3) is 0 Å². The molecule has 1 saturated heterocycles. The summed E-state index contributed by atoms with van der Waals surface area (Å²) in [6.07, 6.45) is 1.13. The Balaban J connectivity index is 1.55. The zero-order valence-electron chi connectivity index (χ0n) is 13.1. The molecule has 0 bridgehead atoms. The van der Waals surface area contributed by atoms with Crippen LogP contribution in [0.4, 0.5) is 4.39 Å². The maximum atomic E-state index is 13.3. The van der Waals surface area contributed by atoms with Crippen LogP contribution in [0.1, 0.15) is 37.7 Å². The molecule has 4 nitrogen and oxygen atoms in total. The number of amides is 1. The number of nitrogens with one attached hydrogen (secondary N) is 2. The van der Waals surface area contributed by atoms with E-state index in [0.29, 0.717) is 5.92 Å². The van der Waals surface area contributed by atoms with E-state index in [9.17, 15) is 9.18 Å². The zero-order chi connectivity index (χ0) is 15.7. The van der Waals surface area contributed by atoms with Gasteiger partial charge in [0.2, 0.25) is 5.91 Å². The summed E-state index contributed by atoms with van der Waals surface area (Å²) in [4.78, 5) is 12.3. The fourth-order valence-corrected chi connectivity index (χ4v) is 3.43. The van der Waals surface area contributed by atoms with Crippen molar-refractivity contribution in [3.63, 3.8) is 0 Å². The van der Waals surface area contributed by atoms with Gasteiger partial charge in [-0.2, -0.15) is 0 Å². The Morgan fingerprint density at radius 2 is 2.14 bits per heavy atom. The normalized spacial score (nSPS) is 34.0. The Morgan fingerprint density at radius 1 is 1.41 bits per heavy atom. The van der Waals surface area contributed by atoms with Gasteiger partial charge in [-0.1, -0.05) is 18.2 Å². The summed E-state index contributed by atoms with van der Waals surface area (Å²) in [5.74, 6) is 1.23. The highest BCUT2D eigenvalue weighted by atomic mass is 19.1. The number of halogens is 1. The Bertz CT molecular complexity index is 559. The second-order valence-corrected chi connectivity index (χ2v) is 6.60. The Morgan fingerprint density at radius 3 is 2.77 bits per heavy atom. The number of hydrogen-bond donors (Lipinski definition) is 2. The lowest BCUT2D eigenvalue weighted by atomic mass is 9.75. The van der Waals surface area contributed by atoms with Crippen molar-refractivity contribution in [2.75, 3.05) is 13.7 Å². The molecule has 5 heteroatoms. The molecule has 1 aliphatic heterocycles. The second-order valence-electron chi connectivity index (χ2n) is 6.60. The molecule has 2 fully saturated rings. The molecule has 2 N–H and O–H groups in total. The van der Waals surface area contributed by atoms with Crippen LogP contribution in [-0.2, 0) is 4.79 Å². The lowest BCUT2D eigenvalue weighted by molar-refractivity contribution is -0.128. The van der Waals surface area contributed by atoms with E-state index in [2.05, 4.69) is 16.7 Å². The molecule has 3 rings (SSSR count). The minimum absolute atomic E-state index is 0.0869. The van der Waals surface area contributed by atoms with E-state index in [4.69, 9.17) is 4.74 Å². The van der Waals surface area contributed by atoms with Gasteiger partial charge in [-0.25, -0.2) is 4.39 Å². The van der Waals surface area contributed by atoms with Gasteiger partial charge in [0, 0.05) is 19.0 Å². The Kier molecular flexibility index (Phi) is 4.08. The smallest absolute Gasteiger partial charge is 0.240 e. The summed E-state index contributed by atoms with van der Waals surface area (Å²) in [6.45, 7) is 2.04. The molecule has 2 aliphatic rings. The van der Waals surface area contributed by atoms with Crippen LogP contribution in [-0.4, -0.2) is 37.3 Å². The molecule has 1 saturated carbocycles. The lowest BCUT2D eigenvalue weighted by Gasteiger charge is -2.38. The van der Waals surface area contributed by atoms with Gasteiger partial charge in [0.05, 0.1) is 12.6 Å². The Labute approximate surface area is 130 Å². The van der Waals surface area contributed by atoms with Crippen molar-refractivity contribution in [1.82, 2.24) is 10.6 Å². The van der Waals surface area contributed by atoms with Crippen molar-refractivity contribution in [2.24, 2.45) is 0 Å². The zero-order valence-corrected chi connectivity index (χ0v) is 13.1. The number of rotatable bonds is 4. The van der Waals surface area contributed by atoms with Crippen LogP contribution in [0.2, 0.25) is 0 Å². The highest BCUT2D eigenvalue weighted by molar-refractivity contribution is 5.86.